The summed E-state index contributed by atoms with van der Waals surface area (Å²) >= 11 is 0. The number of carbonyl (C=O) groups is 1. The zero-order valence-corrected chi connectivity index (χ0v) is 15.4. The second-order valence-corrected chi connectivity index (χ2v) is 6.31. The second-order valence-electron chi connectivity index (χ2n) is 6.31. The van der Waals surface area contributed by atoms with Crippen molar-refractivity contribution in [1.29, 1.82) is 0 Å². The molecule has 0 radical (unpaired) electrons. The van der Waals surface area contributed by atoms with Crippen molar-refractivity contribution in [1.82, 2.24) is 5.32 Å². The maximum absolute atomic E-state index is 12.4. The Hall–Kier alpha value is -3.67. The van der Waals surface area contributed by atoms with Crippen molar-refractivity contribution < 1.29 is 14.5 Å². The first-order valence-electron chi connectivity index (χ1n) is 8.86. The van der Waals surface area contributed by atoms with Gasteiger partial charge in [0.1, 0.15) is 11.9 Å². The van der Waals surface area contributed by atoms with E-state index in [1.807, 2.05) is 30.3 Å². The van der Waals surface area contributed by atoms with Crippen molar-refractivity contribution in [2.45, 2.75) is 19.6 Å². The summed E-state index contributed by atoms with van der Waals surface area (Å²) in [6, 6.07) is 22.9. The number of carbonyl (C=O) groups excluding carboxylic acids is 1. The number of nitrogens with zero attached hydrogens (tertiary/aromatic N) is 1. The zero-order valence-electron chi connectivity index (χ0n) is 15.4. The Balaban J connectivity index is 1.66. The third kappa shape index (κ3) is 4.94. The fraction of sp³-hybridized carbons (Fsp3) is 0.136. The van der Waals surface area contributed by atoms with Crippen LogP contribution in [0.1, 0.15) is 34.5 Å². The summed E-state index contributed by atoms with van der Waals surface area (Å²) in [7, 11) is 0. The summed E-state index contributed by atoms with van der Waals surface area (Å²) in [5.74, 6) is 0.323. The molecule has 0 saturated carbocycles. The van der Waals surface area contributed by atoms with Crippen LogP contribution in [0, 0.1) is 10.1 Å². The smallest absolute Gasteiger partial charge is 0.269 e. The summed E-state index contributed by atoms with van der Waals surface area (Å²) in [4.78, 5) is 22.9. The molecule has 142 valence electrons. The molecular formula is C22H20N2O4. The monoisotopic (exact) mass is 376 g/mol. The molecule has 3 rings (SSSR count). The van der Waals surface area contributed by atoms with Crippen molar-refractivity contribution in [3.05, 3.63) is 106 Å². The first-order chi connectivity index (χ1) is 13.5. The maximum atomic E-state index is 12.4. The van der Waals surface area contributed by atoms with Gasteiger partial charge in [-0.15, -0.1) is 0 Å². The van der Waals surface area contributed by atoms with E-state index in [9.17, 15) is 14.9 Å². The van der Waals surface area contributed by atoms with Gasteiger partial charge in [0.2, 0.25) is 0 Å². The van der Waals surface area contributed by atoms with E-state index in [4.69, 9.17) is 4.74 Å². The molecule has 1 N–H and O–H groups in total. The number of nitro benzene ring substituents is 1. The van der Waals surface area contributed by atoms with Crippen LogP contribution in [-0.2, 0) is 6.54 Å². The van der Waals surface area contributed by atoms with Gasteiger partial charge in [-0.3, -0.25) is 14.9 Å². The van der Waals surface area contributed by atoms with Crippen LogP contribution < -0.4 is 10.1 Å². The number of amides is 1. The number of hydrogen-bond acceptors (Lipinski definition) is 4. The van der Waals surface area contributed by atoms with Crippen molar-refractivity contribution in [3.8, 4) is 5.75 Å². The number of ether oxygens (including phenoxy) is 1. The molecule has 0 spiro atoms. The Kier molecular flexibility index (Phi) is 6.01. The van der Waals surface area contributed by atoms with Gasteiger partial charge in [-0.25, -0.2) is 0 Å². The Morgan fingerprint density at radius 2 is 1.79 bits per heavy atom. The molecule has 0 aromatic heterocycles. The second kappa shape index (κ2) is 8.81. The molecule has 0 fully saturated rings. The molecular weight excluding hydrogens is 356 g/mol. The van der Waals surface area contributed by atoms with Gasteiger partial charge >= 0.3 is 0 Å². The van der Waals surface area contributed by atoms with Crippen LogP contribution in [0.4, 0.5) is 5.69 Å². The van der Waals surface area contributed by atoms with E-state index in [-0.39, 0.29) is 11.6 Å². The highest BCUT2D eigenvalue weighted by Crippen LogP contribution is 2.25. The topological polar surface area (TPSA) is 81.5 Å². The molecule has 0 aliphatic heterocycles. The van der Waals surface area contributed by atoms with Crippen LogP contribution in [-0.4, -0.2) is 10.8 Å². The van der Waals surface area contributed by atoms with E-state index in [2.05, 4.69) is 5.32 Å². The Labute approximate surface area is 162 Å². The number of non-ortho nitro benzene ring substituents is 1. The molecule has 0 aliphatic rings. The summed E-state index contributed by atoms with van der Waals surface area (Å²) in [5, 5.41) is 13.8. The van der Waals surface area contributed by atoms with E-state index < -0.39 is 11.0 Å². The zero-order chi connectivity index (χ0) is 19.9. The largest absolute Gasteiger partial charge is 0.486 e. The van der Waals surface area contributed by atoms with Crippen LogP contribution in [0.2, 0.25) is 0 Å². The number of nitro groups is 1. The van der Waals surface area contributed by atoms with Gasteiger partial charge < -0.3 is 10.1 Å². The van der Waals surface area contributed by atoms with E-state index in [0.717, 1.165) is 5.56 Å². The van der Waals surface area contributed by atoms with Gasteiger partial charge in [-0.1, -0.05) is 48.5 Å². The molecule has 0 bridgehead atoms. The lowest BCUT2D eigenvalue weighted by Crippen LogP contribution is -2.22. The van der Waals surface area contributed by atoms with Gasteiger partial charge in [-0.05, 0) is 36.2 Å². The summed E-state index contributed by atoms with van der Waals surface area (Å²) < 4.78 is 5.89. The average molecular weight is 376 g/mol. The molecule has 0 aliphatic carbocycles. The highest BCUT2D eigenvalue weighted by molar-refractivity contribution is 5.94. The molecule has 0 saturated heterocycles. The first-order valence-corrected chi connectivity index (χ1v) is 8.86. The summed E-state index contributed by atoms with van der Waals surface area (Å²) in [6.45, 7) is 2.25. The SMILES string of the molecule is C[C@H](Oc1cccc(C(=O)NCc2ccccc2)c1)c1cccc([N+](=O)[O-])c1. The minimum absolute atomic E-state index is 0.0157. The van der Waals surface area contributed by atoms with Crippen LogP contribution >= 0.6 is 0 Å². The summed E-state index contributed by atoms with van der Waals surface area (Å²) in [6.07, 6.45) is -0.400. The van der Waals surface area contributed by atoms with Crippen LogP contribution in [0.3, 0.4) is 0 Å². The molecule has 0 unspecified atom stereocenters. The first kappa shape index (κ1) is 19.1. The van der Waals surface area contributed by atoms with Gasteiger partial charge in [0.05, 0.1) is 4.92 Å². The van der Waals surface area contributed by atoms with Gasteiger partial charge in [0.15, 0.2) is 0 Å². The number of rotatable bonds is 7. The lowest BCUT2D eigenvalue weighted by atomic mass is 10.1. The van der Waals surface area contributed by atoms with Gasteiger partial charge in [0, 0.05) is 24.2 Å². The van der Waals surface area contributed by atoms with Crippen molar-refractivity contribution >= 4 is 11.6 Å². The van der Waals surface area contributed by atoms with Crippen molar-refractivity contribution in [2.24, 2.45) is 0 Å². The predicted octanol–water partition coefficient (Wildman–Crippen LogP) is 4.66. The lowest BCUT2D eigenvalue weighted by molar-refractivity contribution is -0.385. The van der Waals surface area contributed by atoms with E-state index in [1.54, 1.807) is 43.3 Å². The van der Waals surface area contributed by atoms with E-state index in [1.165, 1.54) is 12.1 Å². The Morgan fingerprint density at radius 1 is 1.04 bits per heavy atom. The van der Waals surface area contributed by atoms with Gasteiger partial charge in [-0.2, -0.15) is 0 Å². The van der Waals surface area contributed by atoms with Crippen molar-refractivity contribution in [2.75, 3.05) is 0 Å². The van der Waals surface area contributed by atoms with Crippen LogP contribution in [0.25, 0.3) is 0 Å². The minimum atomic E-state index is -0.437. The molecule has 0 heterocycles. The third-order valence-electron chi connectivity index (χ3n) is 4.26. The Morgan fingerprint density at radius 3 is 2.54 bits per heavy atom. The fourth-order valence-corrected chi connectivity index (χ4v) is 2.75. The highest BCUT2D eigenvalue weighted by atomic mass is 16.6. The van der Waals surface area contributed by atoms with Gasteiger partial charge in [0.25, 0.3) is 11.6 Å². The molecule has 3 aromatic carbocycles. The number of benzene rings is 3. The fourth-order valence-electron chi connectivity index (χ4n) is 2.75. The quantitative estimate of drug-likeness (QED) is 0.480. The number of nitrogens with one attached hydrogen (secondary N) is 1. The maximum Gasteiger partial charge on any atom is 0.269 e. The van der Waals surface area contributed by atoms with E-state index in [0.29, 0.717) is 23.4 Å². The standard InChI is InChI=1S/C22H20N2O4/c1-16(18-9-5-11-20(13-18)24(26)27)28-21-12-6-10-19(14-21)22(25)23-15-17-7-3-2-4-8-17/h2-14,16H,15H2,1H3,(H,23,25)/t16-/m0/s1. The molecule has 1 atom stereocenters. The molecule has 1 amide bonds. The highest BCUT2D eigenvalue weighted by Gasteiger charge is 2.13. The third-order valence-corrected chi connectivity index (χ3v) is 4.26. The predicted molar refractivity (Wildman–Crippen MR) is 106 cm³/mol. The molecule has 6 nitrogen and oxygen atoms in total. The normalized spacial score (nSPS) is 11.5. The summed E-state index contributed by atoms with van der Waals surface area (Å²) in [5.41, 5.74) is 2.21. The Bertz CT molecular complexity index is 973. The van der Waals surface area contributed by atoms with Crippen LogP contribution in [0.5, 0.6) is 5.75 Å². The molecule has 6 heteroatoms. The molecule has 28 heavy (non-hydrogen) atoms. The molecule has 3 aromatic rings. The van der Waals surface area contributed by atoms with Crippen LogP contribution in [0.15, 0.2) is 78.9 Å². The average Bonchev–Trinajstić information content (AvgIpc) is 2.73. The van der Waals surface area contributed by atoms with Crippen molar-refractivity contribution in [3.63, 3.8) is 0 Å². The minimum Gasteiger partial charge on any atom is -0.486 e. The lowest BCUT2D eigenvalue weighted by Gasteiger charge is -2.15. The van der Waals surface area contributed by atoms with E-state index >= 15 is 0 Å². The number of hydrogen-bond donors (Lipinski definition) is 1.